The minimum atomic E-state index is 0. The Balaban J connectivity index is 0.00000480. The third-order valence-corrected chi connectivity index (χ3v) is 6.39. The number of para-hydroxylation sites is 1. The lowest BCUT2D eigenvalue weighted by atomic mass is 9.77. The van der Waals surface area contributed by atoms with Gasteiger partial charge in [0.1, 0.15) is 24.4 Å². The van der Waals surface area contributed by atoms with Gasteiger partial charge in [-0.05, 0) is 25.0 Å². The highest BCUT2D eigenvalue weighted by Crippen LogP contribution is 2.42. The number of rotatable bonds is 15. The molecule has 0 aliphatic rings. The van der Waals surface area contributed by atoms with Gasteiger partial charge in [0, 0.05) is 18.4 Å². The van der Waals surface area contributed by atoms with Gasteiger partial charge >= 0.3 is 0 Å². The van der Waals surface area contributed by atoms with E-state index >= 15 is 0 Å². The molecule has 0 fully saturated rings. The second-order valence-corrected chi connectivity index (χ2v) is 8.79. The summed E-state index contributed by atoms with van der Waals surface area (Å²) in [7, 11) is 4.78. The Kier molecular flexibility index (Phi) is 12.9. The number of benzene rings is 2. The summed E-state index contributed by atoms with van der Waals surface area (Å²) in [5, 5.41) is 0. The number of nitrogens with zero attached hydrogens (tertiary/aromatic N) is 1. The molecule has 0 N–H and O–H groups in total. The number of hydrogen-bond acceptors (Lipinski definition) is 2. The smallest absolute Gasteiger partial charge is 0.124 e. The van der Waals surface area contributed by atoms with E-state index in [9.17, 15) is 0 Å². The molecule has 2 aromatic carbocycles. The van der Waals surface area contributed by atoms with E-state index in [1.165, 1.54) is 44.1 Å². The van der Waals surface area contributed by atoms with Crippen molar-refractivity contribution in [2.45, 2.75) is 57.9 Å². The van der Waals surface area contributed by atoms with Crippen molar-refractivity contribution in [2.75, 3.05) is 40.5 Å². The number of unbranched alkanes of at least 4 members (excludes halogenated alkanes) is 2. The van der Waals surface area contributed by atoms with E-state index < -0.39 is 0 Å². The molecule has 0 bridgehead atoms. The van der Waals surface area contributed by atoms with E-state index in [2.05, 4.69) is 58.3 Å². The van der Waals surface area contributed by atoms with E-state index in [1.807, 2.05) is 30.3 Å². The molecule has 0 atom stereocenters. The van der Waals surface area contributed by atoms with Crippen LogP contribution in [0.4, 0.5) is 0 Å². The largest absolute Gasteiger partial charge is 1.00 e. The molecule has 0 amide bonds. The molecule has 0 spiro atoms. The summed E-state index contributed by atoms with van der Waals surface area (Å²) in [6.45, 7) is 7.55. The fraction of sp³-hybridized carbons (Fsp3) is 0.556. The zero-order chi connectivity index (χ0) is 21.7. The SMILES string of the molecule is CCCCC(CCCC)(c1ccccc1)[N+](C)(C)CCOCCOc1ccccc1.[Cl-]. The maximum atomic E-state index is 5.99. The first-order valence-electron chi connectivity index (χ1n) is 11.7. The standard InChI is InChI=1S/C27H42NO2.ClH/c1-5-7-19-27(20-8-6-2,25-15-11-9-12-16-25)28(3,4)21-22-29-23-24-30-26-17-13-10-14-18-26;/h9-18H,5-8,19-24H2,1-4H3;1H/q+1;/p-1. The normalized spacial score (nSPS) is 11.7. The van der Waals surface area contributed by atoms with Gasteiger partial charge in [-0.2, -0.15) is 0 Å². The van der Waals surface area contributed by atoms with Crippen LogP contribution in [0, 0.1) is 0 Å². The van der Waals surface area contributed by atoms with E-state index in [0.29, 0.717) is 13.2 Å². The summed E-state index contributed by atoms with van der Waals surface area (Å²) in [4.78, 5) is 0. The first-order chi connectivity index (χ1) is 14.6. The molecule has 4 heteroatoms. The highest BCUT2D eigenvalue weighted by atomic mass is 35.5. The van der Waals surface area contributed by atoms with Crippen molar-refractivity contribution in [2.24, 2.45) is 0 Å². The molecule has 0 saturated heterocycles. The quantitative estimate of drug-likeness (QED) is 0.307. The zero-order valence-corrected chi connectivity index (χ0v) is 20.7. The summed E-state index contributed by atoms with van der Waals surface area (Å²) in [6, 6.07) is 21.1. The molecule has 2 aromatic rings. The summed E-state index contributed by atoms with van der Waals surface area (Å²) in [5.41, 5.74) is 1.61. The average Bonchev–Trinajstić information content (AvgIpc) is 2.77. The lowest BCUT2D eigenvalue weighted by molar-refractivity contribution is -0.951. The van der Waals surface area contributed by atoms with E-state index in [1.54, 1.807) is 0 Å². The van der Waals surface area contributed by atoms with Crippen LogP contribution >= 0.6 is 0 Å². The van der Waals surface area contributed by atoms with Crippen molar-refractivity contribution in [3.05, 3.63) is 66.2 Å². The Labute approximate surface area is 196 Å². The van der Waals surface area contributed by atoms with Gasteiger partial charge in [0.25, 0.3) is 0 Å². The Morgan fingerprint density at radius 3 is 1.84 bits per heavy atom. The summed E-state index contributed by atoms with van der Waals surface area (Å²) >= 11 is 0. The van der Waals surface area contributed by atoms with Gasteiger partial charge in [0.05, 0.1) is 27.3 Å². The van der Waals surface area contributed by atoms with Crippen LogP contribution in [0.2, 0.25) is 0 Å². The second-order valence-electron chi connectivity index (χ2n) is 8.79. The van der Waals surface area contributed by atoms with Crippen LogP contribution in [-0.4, -0.2) is 44.9 Å². The van der Waals surface area contributed by atoms with Gasteiger partial charge in [-0.3, -0.25) is 0 Å². The molecule has 31 heavy (non-hydrogen) atoms. The zero-order valence-electron chi connectivity index (χ0n) is 20.0. The lowest BCUT2D eigenvalue weighted by Crippen LogP contribution is -3.00. The first kappa shape index (κ1) is 27.5. The second kappa shape index (κ2) is 14.5. The van der Waals surface area contributed by atoms with Crippen molar-refractivity contribution < 1.29 is 26.4 Å². The molecule has 0 heterocycles. The summed E-state index contributed by atoms with van der Waals surface area (Å²) in [5.74, 6) is 0.902. The van der Waals surface area contributed by atoms with Gasteiger partial charge in [0.2, 0.25) is 0 Å². The minimum absolute atomic E-state index is 0. The van der Waals surface area contributed by atoms with E-state index in [-0.39, 0.29) is 17.9 Å². The molecule has 0 aliphatic carbocycles. The highest BCUT2D eigenvalue weighted by Gasteiger charge is 2.45. The summed E-state index contributed by atoms with van der Waals surface area (Å²) < 4.78 is 12.7. The Morgan fingerprint density at radius 2 is 1.29 bits per heavy atom. The number of hydrogen-bond donors (Lipinski definition) is 0. The monoisotopic (exact) mass is 447 g/mol. The molecular formula is C27H42ClNO2. The molecular weight excluding hydrogens is 406 g/mol. The minimum Gasteiger partial charge on any atom is -1.00 e. The van der Waals surface area contributed by atoms with Crippen LogP contribution < -0.4 is 17.1 Å². The Hall–Kier alpha value is -1.55. The van der Waals surface area contributed by atoms with Gasteiger partial charge in [-0.15, -0.1) is 0 Å². The van der Waals surface area contributed by atoms with Crippen molar-refractivity contribution >= 4 is 0 Å². The van der Waals surface area contributed by atoms with Crippen LogP contribution in [0.15, 0.2) is 60.7 Å². The van der Waals surface area contributed by atoms with Crippen LogP contribution in [0.3, 0.4) is 0 Å². The van der Waals surface area contributed by atoms with Crippen molar-refractivity contribution in [3.8, 4) is 5.75 Å². The first-order valence-corrected chi connectivity index (χ1v) is 11.7. The maximum absolute atomic E-state index is 5.99. The van der Waals surface area contributed by atoms with Crippen molar-refractivity contribution in [1.82, 2.24) is 0 Å². The molecule has 0 unspecified atom stereocenters. The van der Waals surface area contributed by atoms with Gasteiger partial charge in [-0.25, -0.2) is 0 Å². The number of ether oxygens (including phenoxy) is 2. The van der Waals surface area contributed by atoms with Crippen molar-refractivity contribution in [1.29, 1.82) is 0 Å². The predicted octanol–water partition coefficient (Wildman–Crippen LogP) is 3.44. The maximum Gasteiger partial charge on any atom is 0.124 e. The number of quaternary nitrogens is 1. The van der Waals surface area contributed by atoms with Crippen molar-refractivity contribution in [3.63, 3.8) is 0 Å². The molecule has 0 radical (unpaired) electrons. The van der Waals surface area contributed by atoms with Crippen LogP contribution in [0.1, 0.15) is 57.9 Å². The highest BCUT2D eigenvalue weighted by molar-refractivity contribution is 5.23. The topological polar surface area (TPSA) is 18.5 Å². The molecule has 174 valence electrons. The average molecular weight is 448 g/mol. The van der Waals surface area contributed by atoms with Gasteiger partial charge in [0.15, 0.2) is 0 Å². The molecule has 3 nitrogen and oxygen atoms in total. The lowest BCUT2D eigenvalue weighted by Gasteiger charge is -2.50. The number of likely N-dealkylation sites (N-methyl/N-ethyl adjacent to an activating group) is 1. The Morgan fingerprint density at radius 1 is 0.742 bits per heavy atom. The van der Waals surface area contributed by atoms with Gasteiger partial charge < -0.3 is 26.4 Å². The van der Waals surface area contributed by atoms with Crippen LogP contribution in [0.5, 0.6) is 5.75 Å². The molecule has 0 saturated carbocycles. The third kappa shape index (κ3) is 8.14. The fourth-order valence-corrected chi connectivity index (χ4v) is 4.40. The Bertz CT molecular complexity index is 683. The molecule has 0 aromatic heterocycles. The summed E-state index contributed by atoms with van der Waals surface area (Å²) in [6.07, 6.45) is 7.41. The third-order valence-electron chi connectivity index (χ3n) is 6.39. The van der Waals surface area contributed by atoms with Crippen LogP contribution in [0.25, 0.3) is 0 Å². The number of halogens is 1. The molecule has 0 aliphatic heterocycles. The van der Waals surface area contributed by atoms with E-state index in [0.717, 1.165) is 23.4 Å². The molecule has 2 rings (SSSR count). The predicted molar refractivity (Wildman–Crippen MR) is 127 cm³/mol. The van der Waals surface area contributed by atoms with Crippen LogP contribution in [-0.2, 0) is 10.3 Å². The van der Waals surface area contributed by atoms with Gasteiger partial charge in [-0.1, -0.05) is 75.2 Å². The van der Waals surface area contributed by atoms with E-state index in [4.69, 9.17) is 9.47 Å². The fourth-order valence-electron chi connectivity index (χ4n) is 4.40.